The molecule has 0 aromatic heterocycles. The quantitative estimate of drug-likeness (QED) is 0.323. The molecule has 0 bridgehead atoms. The molecule has 1 aliphatic heterocycles. The molecule has 0 aromatic carbocycles. The summed E-state index contributed by atoms with van der Waals surface area (Å²) in [6.07, 6.45) is 0.631. The van der Waals surface area contributed by atoms with E-state index in [0.29, 0.717) is 12.8 Å². The van der Waals surface area contributed by atoms with E-state index in [1.54, 1.807) is 6.92 Å². The number of carbonyl (C=O) groups is 2. The van der Waals surface area contributed by atoms with Crippen molar-refractivity contribution in [3.8, 4) is 0 Å². The first kappa shape index (κ1) is 7.54. The maximum atomic E-state index is 10.8. The summed E-state index contributed by atoms with van der Waals surface area (Å²) in [5, 5.41) is 0. The van der Waals surface area contributed by atoms with E-state index in [9.17, 15) is 9.59 Å². The van der Waals surface area contributed by atoms with Gasteiger partial charge >= 0.3 is 0 Å². The van der Waals surface area contributed by atoms with Crippen LogP contribution in [0, 0.1) is 0 Å². The second-order valence-corrected chi connectivity index (χ2v) is 2.86. The highest BCUT2D eigenvalue weighted by Gasteiger charge is 2.31. The highest BCUT2D eigenvalue weighted by atomic mass is 35.5. The Morgan fingerprint density at radius 3 is 2.00 bits per heavy atom. The van der Waals surface area contributed by atoms with Crippen LogP contribution >= 0.6 is 11.6 Å². The summed E-state index contributed by atoms with van der Waals surface area (Å²) in [5.74, 6) is -0.319. The molecule has 2 amide bonds. The van der Waals surface area contributed by atoms with Gasteiger partial charge in [0.05, 0.1) is 0 Å². The fourth-order valence-electron chi connectivity index (χ4n) is 0.991. The van der Waals surface area contributed by atoms with Gasteiger partial charge in [0.1, 0.15) is 5.50 Å². The van der Waals surface area contributed by atoms with E-state index in [1.807, 2.05) is 0 Å². The molecule has 4 heteroatoms. The standard InChI is InChI=1S/C6H8ClNO2/c1-4(7)8-5(9)2-3-6(8)10/h4H,2-3H2,1H3/t4-/m1/s1. The molecule has 1 heterocycles. The van der Waals surface area contributed by atoms with Gasteiger partial charge in [0.2, 0.25) is 11.8 Å². The Hall–Kier alpha value is -0.570. The van der Waals surface area contributed by atoms with Gasteiger partial charge in [-0.15, -0.1) is 0 Å². The first-order chi connectivity index (χ1) is 4.63. The van der Waals surface area contributed by atoms with Crippen LogP contribution in [-0.2, 0) is 9.59 Å². The minimum absolute atomic E-state index is 0.160. The Morgan fingerprint density at radius 1 is 1.40 bits per heavy atom. The number of hydrogen-bond donors (Lipinski definition) is 0. The zero-order valence-corrected chi connectivity index (χ0v) is 6.39. The van der Waals surface area contributed by atoms with Gasteiger partial charge in [0.25, 0.3) is 0 Å². The van der Waals surface area contributed by atoms with E-state index in [4.69, 9.17) is 11.6 Å². The normalized spacial score (nSPS) is 22.0. The predicted octanol–water partition coefficient (Wildman–Crippen LogP) is 0.720. The predicted molar refractivity (Wildman–Crippen MR) is 36.4 cm³/mol. The summed E-state index contributed by atoms with van der Waals surface area (Å²) in [4.78, 5) is 22.8. The van der Waals surface area contributed by atoms with E-state index in [2.05, 4.69) is 0 Å². The summed E-state index contributed by atoms with van der Waals surface area (Å²) in [6.45, 7) is 1.61. The number of imide groups is 1. The van der Waals surface area contributed by atoms with Gasteiger partial charge in [0.15, 0.2) is 0 Å². The van der Waals surface area contributed by atoms with Crippen molar-refractivity contribution in [2.24, 2.45) is 0 Å². The number of rotatable bonds is 1. The van der Waals surface area contributed by atoms with Crippen molar-refractivity contribution in [3.63, 3.8) is 0 Å². The van der Waals surface area contributed by atoms with Crippen LogP contribution in [0.15, 0.2) is 0 Å². The van der Waals surface area contributed by atoms with Crippen molar-refractivity contribution in [2.45, 2.75) is 25.3 Å². The van der Waals surface area contributed by atoms with Crippen LogP contribution in [0.3, 0.4) is 0 Å². The van der Waals surface area contributed by atoms with Crippen LogP contribution in [0.4, 0.5) is 0 Å². The first-order valence-electron chi connectivity index (χ1n) is 3.12. The van der Waals surface area contributed by atoms with Crippen LogP contribution in [0.1, 0.15) is 19.8 Å². The second-order valence-electron chi connectivity index (χ2n) is 2.23. The first-order valence-corrected chi connectivity index (χ1v) is 3.55. The van der Waals surface area contributed by atoms with Gasteiger partial charge in [-0.2, -0.15) is 0 Å². The summed E-state index contributed by atoms with van der Waals surface area (Å²) < 4.78 is 0. The maximum absolute atomic E-state index is 10.8. The molecular weight excluding hydrogens is 154 g/mol. The lowest BCUT2D eigenvalue weighted by Gasteiger charge is -2.15. The van der Waals surface area contributed by atoms with E-state index >= 15 is 0 Å². The van der Waals surface area contributed by atoms with Crippen molar-refractivity contribution >= 4 is 23.4 Å². The number of amides is 2. The topological polar surface area (TPSA) is 37.4 Å². The second kappa shape index (κ2) is 2.58. The molecule has 0 N–H and O–H groups in total. The van der Waals surface area contributed by atoms with Gasteiger partial charge in [-0.05, 0) is 6.92 Å². The molecule has 1 aliphatic rings. The zero-order chi connectivity index (χ0) is 7.72. The fourth-order valence-corrected chi connectivity index (χ4v) is 1.21. The van der Waals surface area contributed by atoms with Crippen LogP contribution in [0.25, 0.3) is 0 Å². The molecular formula is C6H8ClNO2. The van der Waals surface area contributed by atoms with Crippen LogP contribution in [-0.4, -0.2) is 22.2 Å². The molecule has 0 aromatic rings. The average Bonchev–Trinajstić information content (AvgIpc) is 2.11. The lowest BCUT2D eigenvalue weighted by molar-refractivity contribution is -0.138. The van der Waals surface area contributed by atoms with E-state index in [-0.39, 0.29) is 11.8 Å². The number of hydrogen-bond acceptors (Lipinski definition) is 2. The Morgan fingerprint density at radius 2 is 1.80 bits per heavy atom. The number of likely N-dealkylation sites (tertiary alicyclic amines) is 1. The highest BCUT2D eigenvalue weighted by Crippen LogP contribution is 2.16. The molecule has 0 radical (unpaired) electrons. The SMILES string of the molecule is C[C@H](Cl)N1C(=O)CCC1=O. The Labute approximate surface area is 63.9 Å². The summed E-state index contributed by atoms with van der Waals surface area (Å²) in [7, 11) is 0. The Balaban J connectivity index is 2.72. The van der Waals surface area contributed by atoms with E-state index in [1.165, 1.54) is 0 Å². The van der Waals surface area contributed by atoms with Gasteiger partial charge < -0.3 is 0 Å². The third-order valence-electron chi connectivity index (χ3n) is 1.45. The molecule has 3 nitrogen and oxygen atoms in total. The van der Waals surface area contributed by atoms with Gasteiger partial charge in [-0.1, -0.05) is 11.6 Å². The maximum Gasteiger partial charge on any atom is 0.230 e. The van der Waals surface area contributed by atoms with E-state index < -0.39 is 5.50 Å². The van der Waals surface area contributed by atoms with Crippen molar-refractivity contribution in [1.82, 2.24) is 4.90 Å². The van der Waals surface area contributed by atoms with Crippen LogP contribution < -0.4 is 0 Å². The van der Waals surface area contributed by atoms with Crippen molar-refractivity contribution < 1.29 is 9.59 Å². The largest absolute Gasteiger partial charge is 0.274 e. The number of nitrogens with zero attached hydrogens (tertiary/aromatic N) is 1. The molecule has 10 heavy (non-hydrogen) atoms. The molecule has 1 fully saturated rings. The minimum Gasteiger partial charge on any atom is -0.274 e. The molecule has 1 saturated heterocycles. The van der Waals surface area contributed by atoms with E-state index in [0.717, 1.165) is 4.90 Å². The summed E-state index contributed by atoms with van der Waals surface area (Å²) in [5.41, 5.74) is -0.498. The zero-order valence-electron chi connectivity index (χ0n) is 5.63. The number of alkyl halides is 1. The molecule has 0 spiro atoms. The summed E-state index contributed by atoms with van der Waals surface area (Å²) >= 11 is 5.56. The lowest BCUT2D eigenvalue weighted by Crippen LogP contribution is -2.33. The van der Waals surface area contributed by atoms with Crippen LogP contribution in [0.5, 0.6) is 0 Å². The monoisotopic (exact) mass is 161 g/mol. The van der Waals surface area contributed by atoms with Crippen LogP contribution in [0.2, 0.25) is 0 Å². The molecule has 0 saturated carbocycles. The number of carbonyl (C=O) groups excluding carboxylic acids is 2. The molecule has 56 valence electrons. The van der Waals surface area contributed by atoms with Gasteiger partial charge in [-0.3, -0.25) is 14.5 Å². The molecule has 1 atom stereocenters. The Bertz CT molecular complexity index is 163. The third-order valence-corrected chi connectivity index (χ3v) is 1.64. The van der Waals surface area contributed by atoms with Crippen molar-refractivity contribution in [3.05, 3.63) is 0 Å². The number of halogens is 1. The van der Waals surface area contributed by atoms with Gasteiger partial charge in [-0.25, -0.2) is 0 Å². The average molecular weight is 162 g/mol. The molecule has 0 unspecified atom stereocenters. The Kier molecular flexibility index (Phi) is 1.94. The summed E-state index contributed by atoms with van der Waals surface area (Å²) in [6, 6.07) is 0. The molecule has 0 aliphatic carbocycles. The minimum atomic E-state index is -0.498. The third kappa shape index (κ3) is 1.14. The van der Waals surface area contributed by atoms with Gasteiger partial charge in [0, 0.05) is 12.8 Å². The van der Waals surface area contributed by atoms with Crippen molar-refractivity contribution in [1.29, 1.82) is 0 Å². The van der Waals surface area contributed by atoms with Crippen molar-refractivity contribution in [2.75, 3.05) is 0 Å². The highest BCUT2D eigenvalue weighted by molar-refractivity contribution is 6.23. The lowest BCUT2D eigenvalue weighted by atomic mass is 10.4. The molecule has 1 rings (SSSR count). The fraction of sp³-hybridized carbons (Fsp3) is 0.667. The smallest absolute Gasteiger partial charge is 0.230 e.